The van der Waals surface area contributed by atoms with E-state index in [4.69, 9.17) is 9.84 Å². The van der Waals surface area contributed by atoms with Crippen molar-refractivity contribution in [2.45, 2.75) is 26.2 Å². The van der Waals surface area contributed by atoms with Gasteiger partial charge in [0.1, 0.15) is 11.5 Å². The second-order valence-corrected chi connectivity index (χ2v) is 3.07. The summed E-state index contributed by atoms with van der Waals surface area (Å²) < 4.78 is 5.02. The fourth-order valence-electron chi connectivity index (χ4n) is 1.02. The van der Waals surface area contributed by atoms with Crippen LogP contribution in [0.2, 0.25) is 0 Å². The first kappa shape index (κ1) is 10.6. The second-order valence-electron chi connectivity index (χ2n) is 3.07. The number of rotatable bonds is 4. The first-order chi connectivity index (χ1) is 6.72. The molecular weight excluding hydrogens is 180 g/mol. The molecule has 0 saturated carbocycles. The second kappa shape index (κ2) is 5.27. The van der Waals surface area contributed by atoms with Crippen LogP contribution in [0.3, 0.4) is 0 Å². The molecule has 0 heterocycles. The largest absolute Gasteiger partial charge is 0.508 e. The van der Waals surface area contributed by atoms with E-state index in [1.54, 1.807) is 12.1 Å². The van der Waals surface area contributed by atoms with Gasteiger partial charge in [-0.2, -0.15) is 0 Å². The first-order valence-corrected chi connectivity index (χ1v) is 4.72. The molecule has 14 heavy (non-hydrogen) atoms. The Kier molecular flexibility index (Phi) is 3.98. The molecule has 0 bridgehead atoms. The summed E-state index contributed by atoms with van der Waals surface area (Å²) in [5.41, 5.74) is 0. The SMILES string of the molecule is CCCCC(=O)Oc1ccc(O)cc1. The average Bonchev–Trinajstić information content (AvgIpc) is 2.18. The van der Waals surface area contributed by atoms with Crippen molar-refractivity contribution >= 4 is 5.97 Å². The van der Waals surface area contributed by atoms with Crippen LogP contribution in [0.4, 0.5) is 0 Å². The van der Waals surface area contributed by atoms with Crippen LogP contribution in [0.5, 0.6) is 11.5 Å². The molecule has 0 saturated heterocycles. The normalized spacial score (nSPS) is 9.79. The Hall–Kier alpha value is -1.51. The minimum atomic E-state index is -0.225. The zero-order valence-electron chi connectivity index (χ0n) is 8.19. The van der Waals surface area contributed by atoms with E-state index in [0.717, 1.165) is 12.8 Å². The van der Waals surface area contributed by atoms with Crippen molar-refractivity contribution in [3.05, 3.63) is 24.3 Å². The maximum absolute atomic E-state index is 11.2. The average molecular weight is 194 g/mol. The lowest BCUT2D eigenvalue weighted by Gasteiger charge is -2.03. The zero-order chi connectivity index (χ0) is 10.4. The van der Waals surface area contributed by atoms with Crippen molar-refractivity contribution < 1.29 is 14.6 Å². The number of esters is 1. The molecule has 3 nitrogen and oxygen atoms in total. The highest BCUT2D eigenvalue weighted by Gasteiger charge is 2.03. The van der Waals surface area contributed by atoms with Gasteiger partial charge in [-0.3, -0.25) is 4.79 Å². The number of carbonyl (C=O) groups excluding carboxylic acids is 1. The molecule has 1 aromatic rings. The van der Waals surface area contributed by atoms with Gasteiger partial charge >= 0.3 is 5.97 Å². The van der Waals surface area contributed by atoms with Crippen molar-refractivity contribution in [2.24, 2.45) is 0 Å². The number of hydrogen-bond donors (Lipinski definition) is 1. The molecule has 0 aliphatic carbocycles. The summed E-state index contributed by atoms with van der Waals surface area (Å²) in [6.45, 7) is 2.02. The van der Waals surface area contributed by atoms with Crippen molar-refractivity contribution in [2.75, 3.05) is 0 Å². The van der Waals surface area contributed by atoms with Gasteiger partial charge in [0.15, 0.2) is 0 Å². The minimum Gasteiger partial charge on any atom is -0.508 e. The van der Waals surface area contributed by atoms with Gasteiger partial charge in [-0.1, -0.05) is 13.3 Å². The number of aromatic hydroxyl groups is 1. The number of ether oxygens (including phenoxy) is 1. The topological polar surface area (TPSA) is 46.5 Å². The lowest BCUT2D eigenvalue weighted by molar-refractivity contribution is -0.134. The molecule has 0 aliphatic rings. The molecule has 0 unspecified atom stereocenters. The van der Waals surface area contributed by atoms with Crippen LogP contribution < -0.4 is 4.74 Å². The number of carbonyl (C=O) groups is 1. The quantitative estimate of drug-likeness (QED) is 0.591. The molecule has 0 atom stereocenters. The summed E-state index contributed by atoms with van der Waals surface area (Å²) in [5, 5.41) is 8.99. The predicted molar refractivity (Wildman–Crippen MR) is 53.3 cm³/mol. The number of hydrogen-bond acceptors (Lipinski definition) is 3. The summed E-state index contributed by atoms with van der Waals surface area (Å²) in [5.74, 6) is 0.416. The summed E-state index contributed by atoms with van der Waals surface area (Å²) in [6, 6.07) is 6.11. The van der Waals surface area contributed by atoms with Crippen molar-refractivity contribution in [3.8, 4) is 11.5 Å². The van der Waals surface area contributed by atoms with Crippen LogP contribution in [0.15, 0.2) is 24.3 Å². The van der Waals surface area contributed by atoms with Crippen LogP contribution in [-0.4, -0.2) is 11.1 Å². The maximum Gasteiger partial charge on any atom is 0.311 e. The molecule has 0 aliphatic heterocycles. The zero-order valence-corrected chi connectivity index (χ0v) is 8.19. The highest BCUT2D eigenvalue weighted by atomic mass is 16.5. The molecule has 0 radical (unpaired) electrons. The Balaban J connectivity index is 2.44. The summed E-state index contributed by atoms with van der Waals surface area (Å²) in [7, 11) is 0. The predicted octanol–water partition coefficient (Wildman–Crippen LogP) is 2.49. The number of benzene rings is 1. The van der Waals surface area contributed by atoms with Crippen LogP contribution in [-0.2, 0) is 4.79 Å². The van der Waals surface area contributed by atoms with E-state index < -0.39 is 0 Å². The van der Waals surface area contributed by atoms with E-state index in [0.29, 0.717) is 12.2 Å². The minimum absolute atomic E-state index is 0.165. The molecule has 0 aromatic heterocycles. The van der Waals surface area contributed by atoms with Gasteiger partial charge in [-0.25, -0.2) is 0 Å². The summed E-state index contributed by atoms with van der Waals surface area (Å²) in [6.07, 6.45) is 2.26. The fraction of sp³-hybridized carbons (Fsp3) is 0.364. The Morgan fingerprint density at radius 3 is 2.57 bits per heavy atom. The van der Waals surface area contributed by atoms with Crippen LogP contribution in [0, 0.1) is 0 Å². The molecule has 0 spiro atoms. The molecule has 1 rings (SSSR count). The number of unbranched alkanes of at least 4 members (excludes halogenated alkanes) is 1. The Labute approximate surface area is 83.3 Å². The monoisotopic (exact) mass is 194 g/mol. The molecule has 1 aromatic carbocycles. The van der Waals surface area contributed by atoms with Gasteiger partial charge in [0.25, 0.3) is 0 Å². The van der Waals surface area contributed by atoms with Crippen molar-refractivity contribution in [1.82, 2.24) is 0 Å². The Morgan fingerprint density at radius 1 is 1.36 bits per heavy atom. The standard InChI is InChI=1S/C11H14O3/c1-2-3-4-11(13)14-10-7-5-9(12)6-8-10/h5-8,12H,2-4H2,1H3. The van der Waals surface area contributed by atoms with E-state index >= 15 is 0 Å². The van der Waals surface area contributed by atoms with Gasteiger partial charge in [-0.05, 0) is 30.7 Å². The van der Waals surface area contributed by atoms with Crippen LogP contribution in [0.25, 0.3) is 0 Å². The molecule has 1 N–H and O–H groups in total. The molecule has 3 heteroatoms. The summed E-state index contributed by atoms with van der Waals surface area (Å²) >= 11 is 0. The lowest BCUT2D eigenvalue weighted by Crippen LogP contribution is -2.06. The highest BCUT2D eigenvalue weighted by molar-refractivity contribution is 5.72. The van der Waals surface area contributed by atoms with Gasteiger partial charge in [-0.15, -0.1) is 0 Å². The van der Waals surface area contributed by atoms with E-state index in [2.05, 4.69) is 0 Å². The van der Waals surface area contributed by atoms with Crippen molar-refractivity contribution in [3.63, 3.8) is 0 Å². The van der Waals surface area contributed by atoms with E-state index in [-0.39, 0.29) is 11.7 Å². The van der Waals surface area contributed by atoms with Gasteiger partial charge in [0.2, 0.25) is 0 Å². The van der Waals surface area contributed by atoms with Gasteiger partial charge in [0, 0.05) is 6.42 Å². The van der Waals surface area contributed by atoms with Gasteiger partial charge < -0.3 is 9.84 Å². The summed E-state index contributed by atoms with van der Waals surface area (Å²) in [4.78, 5) is 11.2. The van der Waals surface area contributed by atoms with E-state index in [9.17, 15) is 4.79 Å². The smallest absolute Gasteiger partial charge is 0.311 e. The molecule has 0 fully saturated rings. The third kappa shape index (κ3) is 3.47. The third-order valence-corrected chi connectivity index (χ3v) is 1.80. The lowest BCUT2D eigenvalue weighted by atomic mass is 10.2. The van der Waals surface area contributed by atoms with Crippen molar-refractivity contribution in [1.29, 1.82) is 0 Å². The maximum atomic E-state index is 11.2. The number of phenolic OH excluding ortho intramolecular Hbond substituents is 1. The molecule has 0 amide bonds. The van der Waals surface area contributed by atoms with E-state index in [1.165, 1.54) is 12.1 Å². The van der Waals surface area contributed by atoms with E-state index in [1.807, 2.05) is 6.92 Å². The van der Waals surface area contributed by atoms with Crippen LogP contribution in [0.1, 0.15) is 26.2 Å². The van der Waals surface area contributed by atoms with Gasteiger partial charge in [0.05, 0.1) is 0 Å². The number of phenols is 1. The molecular formula is C11H14O3. The first-order valence-electron chi connectivity index (χ1n) is 4.72. The third-order valence-electron chi connectivity index (χ3n) is 1.80. The Bertz CT molecular complexity index is 290. The Morgan fingerprint density at radius 2 is 2.00 bits per heavy atom. The fourth-order valence-corrected chi connectivity index (χ4v) is 1.02. The van der Waals surface area contributed by atoms with Crippen LogP contribution >= 0.6 is 0 Å². The molecule has 76 valence electrons. The highest BCUT2D eigenvalue weighted by Crippen LogP contribution is 2.16.